The summed E-state index contributed by atoms with van der Waals surface area (Å²) in [5.41, 5.74) is 0.222. The summed E-state index contributed by atoms with van der Waals surface area (Å²) in [5.74, 6) is -0.277. The lowest BCUT2D eigenvalue weighted by Gasteiger charge is -2.03. The van der Waals surface area contributed by atoms with Crippen LogP contribution in [0.2, 0.25) is 5.15 Å². The molecular formula is C9H12ClN3O2. The SMILES string of the molecule is COCCCNC(=O)c1cncc(Cl)n1. The highest BCUT2D eigenvalue weighted by molar-refractivity contribution is 6.29. The van der Waals surface area contributed by atoms with Gasteiger partial charge in [0.05, 0.1) is 12.4 Å². The first-order valence-electron chi connectivity index (χ1n) is 4.48. The molecule has 0 aromatic carbocycles. The van der Waals surface area contributed by atoms with E-state index in [1.807, 2.05) is 0 Å². The van der Waals surface area contributed by atoms with E-state index in [2.05, 4.69) is 15.3 Å². The minimum atomic E-state index is -0.277. The standard InChI is InChI=1S/C9H12ClN3O2/c1-15-4-2-3-12-9(14)7-5-11-6-8(10)13-7/h5-6H,2-4H2,1H3,(H,12,14). The molecule has 1 amide bonds. The van der Waals surface area contributed by atoms with E-state index in [4.69, 9.17) is 16.3 Å². The van der Waals surface area contributed by atoms with Crippen molar-refractivity contribution in [3.05, 3.63) is 23.2 Å². The zero-order valence-corrected chi connectivity index (χ0v) is 9.12. The number of nitrogens with zero attached hydrogens (tertiary/aromatic N) is 2. The van der Waals surface area contributed by atoms with Gasteiger partial charge in [-0.15, -0.1) is 0 Å². The van der Waals surface area contributed by atoms with Crippen molar-refractivity contribution in [1.82, 2.24) is 15.3 Å². The Morgan fingerprint density at radius 3 is 3.07 bits per heavy atom. The number of methoxy groups -OCH3 is 1. The van der Waals surface area contributed by atoms with Crippen LogP contribution in [-0.2, 0) is 4.74 Å². The van der Waals surface area contributed by atoms with Gasteiger partial charge in [0.15, 0.2) is 0 Å². The molecule has 0 spiro atoms. The number of aromatic nitrogens is 2. The Balaban J connectivity index is 2.40. The number of nitrogens with one attached hydrogen (secondary N) is 1. The Morgan fingerprint density at radius 2 is 2.40 bits per heavy atom. The molecule has 1 heterocycles. The molecule has 1 aromatic rings. The molecule has 0 fully saturated rings. The van der Waals surface area contributed by atoms with Crippen molar-refractivity contribution in [3.8, 4) is 0 Å². The van der Waals surface area contributed by atoms with E-state index in [0.29, 0.717) is 13.2 Å². The zero-order valence-electron chi connectivity index (χ0n) is 8.36. The average molecular weight is 230 g/mol. The lowest BCUT2D eigenvalue weighted by atomic mass is 10.4. The minimum Gasteiger partial charge on any atom is -0.385 e. The number of hydrogen-bond acceptors (Lipinski definition) is 4. The number of carbonyl (C=O) groups is 1. The van der Waals surface area contributed by atoms with Crippen LogP contribution < -0.4 is 5.32 Å². The van der Waals surface area contributed by atoms with E-state index < -0.39 is 0 Å². The molecule has 1 N–H and O–H groups in total. The summed E-state index contributed by atoms with van der Waals surface area (Å²) >= 11 is 5.60. The van der Waals surface area contributed by atoms with Crippen LogP contribution in [0.5, 0.6) is 0 Å². The van der Waals surface area contributed by atoms with E-state index in [1.165, 1.54) is 12.4 Å². The van der Waals surface area contributed by atoms with E-state index in [9.17, 15) is 4.79 Å². The first-order chi connectivity index (χ1) is 7.24. The highest BCUT2D eigenvalue weighted by atomic mass is 35.5. The number of carbonyl (C=O) groups excluding carboxylic acids is 1. The summed E-state index contributed by atoms with van der Waals surface area (Å²) in [7, 11) is 1.62. The first kappa shape index (κ1) is 11.9. The summed E-state index contributed by atoms with van der Waals surface area (Å²) < 4.78 is 4.85. The second-order valence-electron chi connectivity index (χ2n) is 2.83. The highest BCUT2D eigenvalue weighted by Crippen LogP contribution is 2.01. The lowest BCUT2D eigenvalue weighted by molar-refractivity contribution is 0.0943. The van der Waals surface area contributed by atoms with Crippen molar-refractivity contribution in [2.75, 3.05) is 20.3 Å². The smallest absolute Gasteiger partial charge is 0.271 e. The van der Waals surface area contributed by atoms with E-state index in [0.717, 1.165) is 6.42 Å². The predicted octanol–water partition coefficient (Wildman–Crippen LogP) is 0.896. The number of halogens is 1. The number of ether oxygens (including phenoxy) is 1. The van der Waals surface area contributed by atoms with Gasteiger partial charge in [0, 0.05) is 20.3 Å². The van der Waals surface area contributed by atoms with Gasteiger partial charge in [0.25, 0.3) is 5.91 Å². The Morgan fingerprint density at radius 1 is 1.60 bits per heavy atom. The van der Waals surface area contributed by atoms with Gasteiger partial charge in [-0.25, -0.2) is 4.98 Å². The van der Waals surface area contributed by atoms with Gasteiger partial charge in [0.1, 0.15) is 10.8 Å². The summed E-state index contributed by atoms with van der Waals surface area (Å²) in [6.45, 7) is 1.16. The predicted molar refractivity (Wildman–Crippen MR) is 55.9 cm³/mol. The van der Waals surface area contributed by atoms with Gasteiger partial charge < -0.3 is 10.1 Å². The molecule has 0 unspecified atom stereocenters. The molecule has 0 atom stereocenters. The highest BCUT2D eigenvalue weighted by Gasteiger charge is 2.06. The second kappa shape index (κ2) is 6.31. The molecule has 0 aliphatic heterocycles. The minimum absolute atomic E-state index is 0.208. The van der Waals surface area contributed by atoms with E-state index >= 15 is 0 Å². The molecule has 0 saturated carbocycles. The van der Waals surface area contributed by atoms with E-state index in [1.54, 1.807) is 7.11 Å². The van der Waals surface area contributed by atoms with Gasteiger partial charge in [-0.2, -0.15) is 0 Å². The maximum Gasteiger partial charge on any atom is 0.271 e. The third kappa shape index (κ3) is 4.22. The van der Waals surface area contributed by atoms with Crippen molar-refractivity contribution in [1.29, 1.82) is 0 Å². The Bertz CT molecular complexity index is 333. The number of amides is 1. The summed E-state index contributed by atoms with van der Waals surface area (Å²) in [6.07, 6.45) is 3.51. The Hall–Kier alpha value is -1.20. The summed E-state index contributed by atoms with van der Waals surface area (Å²) in [6, 6.07) is 0. The fourth-order valence-electron chi connectivity index (χ4n) is 0.961. The van der Waals surface area contributed by atoms with Gasteiger partial charge in [0.2, 0.25) is 0 Å². The third-order valence-corrected chi connectivity index (χ3v) is 1.83. The number of rotatable bonds is 5. The van der Waals surface area contributed by atoms with Crippen molar-refractivity contribution >= 4 is 17.5 Å². The largest absolute Gasteiger partial charge is 0.385 e. The molecule has 6 heteroatoms. The van der Waals surface area contributed by atoms with Gasteiger partial charge in [-0.3, -0.25) is 9.78 Å². The maximum atomic E-state index is 11.4. The fourth-order valence-corrected chi connectivity index (χ4v) is 1.11. The van der Waals surface area contributed by atoms with Gasteiger partial charge >= 0.3 is 0 Å². The molecule has 82 valence electrons. The molecule has 15 heavy (non-hydrogen) atoms. The molecule has 0 bridgehead atoms. The van der Waals surface area contributed by atoms with Crippen LogP contribution in [-0.4, -0.2) is 36.1 Å². The van der Waals surface area contributed by atoms with Crippen molar-refractivity contribution < 1.29 is 9.53 Å². The van der Waals surface area contributed by atoms with Gasteiger partial charge in [-0.05, 0) is 6.42 Å². The Kier molecular flexibility index (Phi) is 5.00. The average Bonchev–Trinajstić information content (AvgIpc) is 2.24. The Labute approximate surface area is 92.8 Å². The van der Waals surface area contributed by atoms with Crippen LogP contribution in [0.25, 0.3) is 0 Å². The van der Waals surface area contributed by atoms with Gasteiger partial charge in [-0.1, -0.05) is 11.6 Å². The van der Waals surface area contributed by atoms with Crippen LogP contribution in [0.3, 0.4) is 0 Å². The third-order valence-electron chi connectivity index (χ3n) is 1.65. The van der Waals surface area contributed by atoms with Crippen molar-refractivity contribution in [3.63, 3.8) is 0 Å². The van der Waals surface area contributed by atoms with Crippen LogP contribution in [0, 0.1) is 0 Å². The zero-order chi connectivity index (χ0) is 11.1. The molecule has 1 rings (SSSR count). The van der Waals surface area contributed by atoms with Crippen molar-refractivity contribution in [2.45, 2.75) is 6.42 Å². The van der Waals surface area contributed by atoms with Crippen molar-refractivity contribution in [2.24, 2.45) is 0 Å². The molecule has 1 aromatic heterocycles. The van der Waals surface area contributed by atoms with Crippen LogP contribution >= 0.6 is 11.6 Å². The number of hydrogen-bond donors (Lipinski definition) is 1. The van der Waals surface area contributed by atoms with E-state index in [-0.39, 0.29) is 16.8 Å². The first-order valence-corrected chi connectivity index (χ1v) is 4.86. The second-order valence-corrected chi connectivity index (χ2v) is 3.22. The fraction of sp³-hybridized carbons (Fsp3) is 0.444. The molecule has 0 aliphatic rings. The summed E-state index contributed by atoms with van der Waals surface area (Å²) in [4.78, 5) is 19.0. The monoisotopic (exact) mass is 229 g/mol. The normalized spacial score (nSPS) is 10.0. The molecule has 0 aliphatic carbocycles. The molecule has 0 radical (unpaired) electrons. The molecule has 5 nitrogen and oxygen atoms in total. The van der Waals surface area contributed by atoms with Crippen LogP contribution in [0.1, 0.15) is 16.9 Å². The lowest BCUT2D eigenvalue weighted by Crippen LogP contribution is -2.26. The topological polar surface area (TPSA) is 64.1 Å². The summed E-state index contributed by atoms with van der Waals surface area (Å²) in [5, 5.41) is 2.89. The quantitative estimate of drug-likeness (QED) is 0.762. The maximum absolute atomic E-state index is 11.4. The van der Waals surface area contributed by atoms with Crippen LogP contribution in [0.15, 0.2) is 12.4 Å². The molecular weight excluding hydrogens is 218 g/mol. The van der Waals surface area contributed by atoms with Crippen LogP contribution in [0.4, 0.5) is 0 Å². The molecule has 0 saturated heterocycles.